The summed E-state index contributed by atoms with van der Waals surface area (Å²) in [7, 11) is 0. The van der Waals surface area contributed by atoms with Crippen molar-refractivity contribution in [3.05, 3.63) is 82.8 Å². The van der Waals surface area contributed by atoms with Crippen LogP contribution in [-0.4, -0.2) is 38.2 Å². The predicted octanol–water partition coefficient (Wildman–Crippen LogP) is 1.43. The third kappa shape index (κ3) is 3.41. The quantitative estimate of drug-likeness (QED) is 0.564. The molecule has 2 aliphatic heterocycles. The van der Waals surface area contributed by atoms with Crippen LogP contribution in [0.4, 0.5) is 0 Å². The van der Waals surface area contributed by atoms with E-state index in [2.05, 4.69) is 20.6 Å². The van der Waals surface area contributed by atoms with Gasteiger partial charge in [-0.25, -0.2) is 9.97 Å². The van der Waals surface area contributed by atoms with E-state index in [0.717, 1.165) is 11.3 Å². The molecule has 1 aromatic carbocycles. The van der Waals surface area contributed by atoms with Crippen LogP contribution < -0.4 is 16.2 Å². The number of amides is 1. The maximum atomic E-state index is 13.1. The SMILES string of the molecule is C[C@@H](NC(=O)[C@@H]1N[C@@H]2c3ccc(-c4cncnc4)c(=O)n3C[C@@H]2[C@H]1CO)c1ccccc1. The number of carbonyl (C=O) groups is 1. The van der Waals surface area contributed by atoms with Crippen molar-refractivity contribution >= 4 is 5.91 Å². The summed E-state index contributed by atoms with van der Waals surface area (Å²) in [5.74, 6) is -0.467. The Kier molecular flexibility index (Phi) is 5.32. The lowest BCUT2D eigenvalue weighted by Gasteiger charge is -2.23. The Hall–Kier alpha value is -3.36. The molecule has 0 aliphatic carbocycles. The third-order valence-corrected chi connectivity index (χ3v) is 6.71. The highest BCUT2D eigenvalue weighted by Gasteiger charge is 2.50. The summed E-state index contributed by atoms with van der Waals surface area (Å²) in [5, 5.41) is 16.6. The maximum Gasteiger partial charge on any atom is 0.258 e. The van der Waals surface area contributed by atoms with E-state index in [0.29, 0.717) is 17.7 Å². The summed E-state index contributed by atoms with van der Waals surface area (Å²) in [6.07, 6.45) is 4.67. The molecule has 0 saturated carbocycles. The molecular weight excluding hydrogens is 406 g/mol. The van der Waals surface area contributed by atoms with Crippen LogP contribution in [0.3, 0.4) is 0 Å². The standard InChI is InChI=1S/C24H25N5O3/c1-14(15-5-3-2-4-6-15)27-23(31)22-19(12-30)18-11-29-20(21(18)28-22)8-7-17(24(29)32)16-9-25-13-26-10-16/h2-10,13-14,18-19,21-22,28,30H,11-12H2,1H3,(H,27,31)/t14-,18-,19-,21+,22-/m1/s1. The van der Waals surface area contributed by atoms with Crippen molar-refractivity contribution in [2.75, 3.05) is 6.61 Å². The molecule has 3 aromatic rings. The molecule has 3 N–H and O–H groups in total. The molecule has 4 heterocycles. The van der Waals surface area contributed by atoms with Gasteiger partial charge in [0.05, 0.1) is 23.7 Å². The zero-order valence-corrected chi connectivity index (χ0v) is 17.7. The Labute approximate surface area is 185 Å². The molecule has 8 nitrogen and oxygen atoms in total. The lowest BCUT2D eigenvalue weighted by molar-refractivity contribution is -0.125. The van der Waals surface area contributed by atoms with Crippen molar-refractivity contribution in [1.82, 2.24) is 25.2 Å². The van der Waals surface area contributed by atoms with Crippen LogP contribution in [0.5, 0.6) is 0 Å². The number of nitrogens with zero attached hydrogens (tertiary/aromatic N) is 3. The van der Waals surface area contributed by atoms with Crippen LogP contribution in [-0.2, 0) is 11.3 Å². The average Bonchev–Trinajstić information content (AvgIpc) is 3.37. The normalized spacial score (nSPS) is 24.6. The average molecular weight is 431 g/mol. The Balaban J connectivity index is 1.38. The van der Waals surface area contributed by atoms with Crippen LogP contribution in [0.2, 0.25) is 0 Å². The van der Waals surface area contributed by atoms with Crippen molar-refractivity contribution in [2.45, 2.75) is 31.6 Å². The van der Waals surface area contributed by atoms with Crippen LogP contribution in [0, 0.1) is 11.8 Å². The number of hydrogen-bond acceptors (Lipinski definition) is 6. The first kappa shape index (κ1) is 20.5. The van der Waals surface area contributed by atoms with E-state index < -0.39 is 6.04 Å². The van der Waals surface area contributed by atoms with E-state index in [4.69, 9.17) is 0 Å². The third-order valence-electron chi connectivity index (χ3n) is 6.71. The Morgan fingerprint density at radius 2 is 1.97 bits per heavy atom. The molecule has 164 valence electrons. The number of nitrogens with one attached hydrogen (secondary N) is 2. The van der Waals surface area contributed by atoms with E-state index in [1.165, 1.54) is 6.33 Å². The molecule has 1 amide bonds. The van der Waals surface area contributed by atoms with Gasteiger partial charge in [0.2, 0.25) is 5.91 Å². The van der Waals surface area contributed by atoms with Gasteiger partial charge < -0.3 is 15.0 Å². The fourth-order valence-corrected chi connectivity index (χ4v) is 5.04. The van der Waals surface area contributed by atoms with Gasteiger partial charge >= 0.3 is 0 Å². The molecule has 5 atom stereocenters. The molecule has 0 radical (unpaired) electrons. The first-order chi connectivity index (χ1) is 15.6. The fourth-order valence-electron chi connectivity index (χ4n) is 5.04. The number of fused-ring (bicyclic) bond motifs is 3. The first-order valence-corrected chi connectivity index (χ1v) is 10.8. The minimum atomic E-state index is -0.521. The van der Waals surface area contributed by atoms with Crippen LogP contribution >= 0.6 is 0 Å². The number of aliphatic hydroxyl groups is 1. The van der Waals surface area contributed by atoms with Gasteiger partial charge in [-0.1, -0.05) is 30.3 Å². The number of hydrogen-bond donors (Lipinski definition) is 3. The van der Waals surface area contributed by atoms with Gasteiger partial charge in [0, 0.05) is 48.6 Å². The Morgan fingerprint density at radius 1 is 1.22 bits per heavy atom. The van der Waals surface area contributed by atoms with Gasteiger partial charge in [-0.3, -0.25) is 14.9 Å². The highest BCUT2D eigenvalue weighted by molar-refractivity contribution is 5.83. The lowest BCUT2D eigenvalue weighted by atomic mass is 9.88. The van der Waals surface area contributed by atoms with E-state index >= 15 is 0 Å². The van der Waals surface area contributed by atoms with Crippen molar-refractivity contribution < 1.29 is 9.90 Å². The molecule has 2 aromatic heterocycles. The summed E-state index contributed by atoms with van der Waals surface area (Å²) < 4.78 is 1.74. The van der Waals surface area contributed by atoms with Gasteiger partial charge in [-0.15, -0.1) is 0 Å². The first-order valence-electron chi connectivity index (χ1n) is 10.8. The van der Waals surface area contributed by atoms with Gasteiger partial charge in [-0.05, 0) is 24.6 Å². The molecule has 1 fully saturated rings. The number of carbonyl (C=O) groups excluding carboxylic acids is 1. The summed E-state index contributed by atoms with van der Waals surface area (Å²) >= 11 is 0. The van der Waals surface area contributed by atoms with Gasteiger partial charge in [0.25, 0.3) is 5.56 Å². The molecule has 5 rings (SSSR count). The smallest absolute Gasteiger partial charge is 0.258 e. The monoisotopic (exact) mass is 431 g/mol. The number of benzene rings is 1. The van der Waals surface area contributed by atoms with Crippen LogP contribution in [0.25, 0.3) is 11.1 Å². The summed E-state index contributed by atoms with van der Waals surface area (Å²) in [6, 6.07) is 12.7. The van der Waals surface area contributed by atoms with Gasteiger partial charge in [0.1, 0.15) is 6.33 Å². The number of rotatable bonds is 5. The fraction of sp³-hybridized carbons (Fsp3) is 0.333. The largest absolute Gasteiger partial charge is 0.396 e. The summed E-state index contributed by atoms with van der Waals surface area (Å²) in [6.45, 7) is 2.27. The maximum absolute atomic E-state index is 13.1. The Bertz CT molecular complexity index is 1180. The van der Waals surface area contributed by atoms with E-state index in [9.17, 15) is 14.7 Å². The van der Waals surface area contributed by atoms with Gasteiger partial charge in [0.15, 0.2) is 0 Å². The minimum Gasteiger partial charge on any atom is -0.396 e. The van der Waals surface area contributed by atoms with Crippen molar-refractivity contribution in [1.29, 1.82) is 0 Å². The van der Waals surface area contributed by atoms with Crippen molar-refractivity contribution in [2.24, 2.45) is 11.8 Å². The van der Waals surface area contributed by atoms with Crippen molar-refractivity contribution in [3.63, 3.8) is 0 Å². The highest BCUT2D eigenvalue weighted by Crippen LogP contribution is 2.42. The molecule has 0 unspecified atom stereocenters. The number of aromatic nitrogens is 3. The molecule has 0 spiro atoms. The second-order valence-electron chi connectivity index (χ2n) is 8.49. The zero-order chi connectivity index (χ0) is 22.2. The molecule has 2 aliphatic rings. The minimum absolute atomic E-state index is 0.0437. The molecule has 0 bridgehead atoms. The summed E-state index contributed by atoms with van der Waals surface area (Å²) in [5.41, 5.74) is 2.97. The van der Waals surface area contributed by atoms with Crippen molar-refractivity contribution in [3.8, 4) is 11.1 Å². The van der Waals surface area contributed by atoms with E-state index in [1.54, 1.807) is 23.0 Å². The predicted molar refractivity (Wildman–Crippen MR) is 118 cm³/mol. The number of aliphatic hydroxyl groups excluding tert-OH is 1. The Morgan fingerprint density at radius 3 is 2.69 bits per heavy atom. The van der Waals surface area contributed by atoms with Crippen LogP contribution in [0.15, 0.2) is 66.0 Å². The molecule has 8 heteroatoms. The number of pyridine rings is 1. The van der Waals surface area contributed by atoms with Crippen LogP contribution in [0.1, 0.15) is 30.3 Å². The molecule has 32 heavy (non-hydrogen) atoms. The van der Waals surface area contributed by atoms with Gasteiger partial charge in [-0.2, -0.15) is 0 Å². The lowest BCUT2D eigenvalue weighted by Crippen LogP contribution is -2.46. The second-order valence-corrected chi connectivity index (χ2v) is 8.49. The summed E-state index contributed by atoms with van der Waals surface area (Å²) in [4.78, 5) is 34.2. The highest BCUT2D eigenvalue weighted by atomic mass is 16.3. The van der Waals surface area contributed by atoms with E-state index in [1.807, 2.05) is 43.3 Å². The molecular formula is C24H25N5O3. The van der Waals surface area contributed by atoms with E-state index in [-0.39, 0.29) is 42.0 Å². The second kappa shape index (κ2) is 8.29. The molecule has 1 saturated heterocycles. The zero-order valence-electron chi connectivity index (χ0n) is 17.7. The topological polar surface area (TPSA) is 109 Å².